The van der Waals surface area contributed by atoms with Crippen LogP contribution in [0, 0.1) is 0 Å². The standard InChI is InChI=1S/C22H19N5O3S/c28-20-17-19(27(14-8-9-14)22(29)26-20)24-18(13-6-7-13)25-21(17)31-11-16-23-10-15(30-16)12-4-2-1-3-5-12/h1-5,10,13-14H,6-9,11H2,(H,26,28,29). The molecule has 3 aromatic heterocycles. The van der Waals surface area contributed by atoms with Crippen LogP contribution >= 0.6 is 11.8 Å². The third kappa shape index (κ3) is 3.48. The second kappa shape index (κ2) is 7.19. The molecular formula is C22H19N5O3S. The zero-order valence-corrected chi connectivity index (χ0v) is 17.4. The molecule has 4 aromatic rings. The van der Waals surface area contributed by atoms with Crippen molar-refractivity contribution in [2.75, 3.05) is 0 Å². The van der Waals surface area contributed by atoms with Crippen molar-refractivity contribution in [2.45, 2.75) is 48.4 Å². The largest absolute Gasteiger partial charge is 0.440 e. The van der Waals surface area contributed by atoms with E-state index in [1.54, 1.807) is 10.8 Å². The fraction of sp³-hybridized carbons (Fsp3) is 0.318. The number of nitrogens with one attached hydrogen (secondary N) is 1. The van der Waals surface area contributed by atoms with Crippen molar-refractivity contribution in [1.29, 1.82) is 0 Å². The van der Waals surface area contributed by atoms with Gasteiger partial charge in [0.05, 0.1) is 11.9 Å². The van der Waals surface area contributed by atoms with E-state index in [-0.39, 0.29) is 6.04 Å². The average Bonchev–Trinajstić information content (AvgIpc) is 3.71. The summed E-state index contributed by atoms with van der Waals surface area (Å²) in [6.45, 7) is 0. The Balaban J connectivity index is 1.39. The molecule has 1 aromatic carbocycles. The highest BCUT2D eigenvalue weighted by Gasteiger charge is 2.32. The van der Waals surface area contributed by atoms with Gasteiger partial charge in [0, 0.05) is 17.5 Å². The molecule has 3 heterocycles. The molecule has 0 bridgehead atoms. The van der Waals surface area contributed by atoms with E-state index in [2.05, 4.69) is 15.0 Å². The molecule has 0 radical (unpaired) electrons. The molecule has 31 heavy (non-hydrogen) atoms. The lowest BCUT2D eigenvalue weighted by Crippen LogP contribution is -2.31. The lowest BCUT2D eigenvalue weighted by atomic mass is 10.2. The maximum absolute atomic E-state index is 12.7. The van der Waals surface area contributed by atoms with Crippen LogP contribution in [0.5, 0.6) is 0 Å². The molecule has 0 aliphatic heterocycles. The SMILES string of the molecule is O=c1[nH]c(=O)n(C2CC2)c2nc(C3CC3)nc(SCc3ncc(-c4ccccc4)o3)c12. The topological polar surface area (TPSA) is 107 Å². The Hall–Kier alpha value is -3.20. The minimum Gasteiger partial charge on any atom is -0.440 e. The summed E-state index contributed by atoms with van der Waals surface area (Å²) in [6, 6.07) is 9.89. The number of benzene rings is 1. The maximum atomic E-state index is 12.7. The van der Waals surface area contributed by atoms with Crippen LogP contribution in [-0.4, -0.2) is 24.5 Å². The number of thioether (sulfide) groups is 1. The summed E-state index contributed by atoms with van der Waals surface area (Å²) >= 11 is 1.39. The van der Waals surface area contributed by atoms with E-state index in [0.29, 0.717) is 45.2 Å². The van der Waals surface area contributed by atoms with Crippen molar-refractivity contribution in [2.24, 2.45) is 0 Å². The summed E-state index contributed by atoms with van der Waals surface area (Å²) in [6.07, 6.45) is 5.62. The maximum Gasteiger partial charge on any atom is 0.330 e. The molecule has 0 unspecified atom stereocenters. The number of oxazole rings is 1. The fourth-order valence-corrected chi connectivity index (χ4v) is 4.56. The van der Waals surface area contributed by atoms with Gasteiger partial charge in [-0.05, 0) is 25.7 Å². The minimum absolute atomic E-state index is 0.104. The van der Waals surface area contributed by atoms with Crippen LogP contribution in [0.15, 0.2) is 55.6 Å². The highest BCUT2D eigenvalue weighted by atomic mass is 32.2. The molecule has 2 aliphatic carbocycles. The second-order valence-electron chi connectivity index (χ2n) is 7.99. The van der Waals surface area contributed by atoms with Crippen LogP contribution in [0.1, 0.15) is 49.4 Å². The van der Waals surface area contributed by atoms with Gasteiger partial charge >= 0.3 is 5.69 Å². The molecule has 0 saturated heterocycles. The lowest BCUT2D eigenvalue weighted by molar-refractivity contribution is 0.530. The zero-order valence-electron chi connectivity index (χ0n) is 16.6. The third-order valence-electron chi connectivity index (χ3n) is 5.57. The molecule has 0 spiro atoms. The Kier molecular flexibility index (Phi) is 4.31. The van der Waals surface area contributed by atoms with Crippen molar-refractivity contribution in [3.63, 3.8) is 0 Å². The highest BCUT2D eigenvalue weighted by molar-refractivity contribution is 7.98. The van der Waals surface area contributed by atoms with E-state index in [1.807, 2.05) is 30.3 Å². The molecule has 8 nitrogen and oxygen atoms in total. The van der Waals surface area contributed by atoms with Gasteiger partial charge in [-0.1, -0.05) is 42.1 Å². The number of rotatable bonds is 6. The Bertz CT molecular complexity index is 1400. The smallest absolute Gasteiger partial charge is 0.330 e. The minimum atomic E-state index is -0.445. The summed E-state index contributed by atoms with van der Waals surface area (Å²) in [5.74, 6) is 2.69. The molecule has 156 valence electrons. The number of aromatic amines is 1. The molecule has 0 atom stereocenters. The normalized spacial score (nSPS) is 16.1. The molecule has 6 rings (SSSR count). The van der Waals surface area contributed by atoms with Gasteiger partial charge in [0.15, 0.2) is 11.4 Å². The molecular weight excluding hydrogens is 414 g/mol. The number of hydrogen-bond acceptors (Lipinski definition) is 7. The van der Waals surface area contributed by atoms with Crippen LogP contribution in [0.2, 0.25) is 0 Å². The second-order valence-corrected chi connectivity index (χ2v) is 8.96. The monoisotopic (exact) mass is 433 g/mol. The molecule has 1 N–H and O–H groups in total. The van der Waals surface area contributed by atoms with Crippen LogP contribution in [-0.2, 0) is 5.75 Å². The zero-order chi connectivity index (χ0) is 20.9. The van der Waals surface area contributed by atoms with Gasteiger partial charge < -0.3 is 4.42 Å². The van der Waals surface area contributed by atoms with Gasteiger partial charge in [-0.3, -0.25) is 14.3 Å². The van der Waals surface area contributed by atoms with Gasteiger partial charge in [0.2, 0.25) is 5.89 Å². The van der Waals surface area contributed by atoms with Crippen LogP contribution in [0.25, 0.3) is 22.4 Å². The Morgan fingerprint density at radius 1 is 1.10 bits per heavy atom. The summed E-state index contributed by atoms with van der Waals surface area (Å²) < 4.78 is 7.53. The summed E-state index contributed by atoms with van der Waals surface area (Å²) in [5, 5.41) is 0.942. The predicted molar refractivity (Wildman–Crippen MR) is 116 cm³/mol. The van der Waals surface area contributed by atoms with Crippen LogP contribution in [0.3, 0.4) is 0 Å². The molecule has 2 aliphatic rings. The number of H-pyrrole nitrogens is 1. The first-order valence-corrected chi connectivity index (χ1v) is 11.4. The Morgan fingerprint density at radius 2 is 1.90 bits per heavy atom. The van der Waals surface area contributed by atoms with Gasteiger partial charge in [-0.15, -0.1) is 0 Å². The fourth-order valence-electron chi connectivity index (χ4n) is 3.68. The summed E-state index contributed by atoms with van der Waals surface area (Å²) in [5.41, 5.74) is 0.573. The quantitative estimate of drug-likeness (QED) is 0.365. The van der Waals surface area contributed by atoms with Crippen molar-refractivity contribution < 1.29 is 4.42 Å². The average molecular weight is 433 g/mol. The van der Waals surface area contributed by atoms with Gasteiger partial charge in [0.25, 0.3) is 5.56 Å². The van der Waals surface area contributed by atoms with Gasteiger partial charge in [0.1, 0.15) is 16.2 Å². The molecule has 2 saturated carbocycles. The van der Waals surface area contributed by atoms with Crippen molar-refractivity contribution in [3.8, 4) is 11.3 Å². The predicted octanol–water partition coefficient (Wildman–Crippen LogP) is 3.64. The van der Waals surface area contributed by atoms with E-state index in [9.17, 15) is 9.59 Å². The molecule has 2 fully saturated rings. The van der Waals surface area contributed by atoms with Crippen LogP contribution in [0.4, 0.5) is 0 Å². The summed E-state index contributed by atoms with van der Waals surface area (Å²) in [4.78, 5) is 41.4. The Labute approximate surface area is 180 Å². The van der Waals surface area contributed by atoms with Crippen molar-refractivity contribution in [1.82, 2.24) is 24.5 Å². The van der Waals surface area contributed by atoms with Gasteiger partial charge in [-0.25, -0.2) is 19.7 Å². The van der Waals surface area contributed by atoms with E-state index in [4.69, 9.17) is 9.40 Å². The first kappa shape index (κ1) is 18.6. The van der Waals surface area contributed by atoms with Crippen molar-refractivity contribution >= 4 is 22.8 Å². The van der Waals surface area contributed by atoms with Crippen molar-refractivity contribution in [3.05, 3.63) is 69.1 Å². The first-order valence-electron chi connectivity index (χ1n) is 10.4. The van der Waals surface area contributed by atoms with Gasteiger partial charge in [-0.2, -0.15) is 0 Å². The van der Waals surface area contributed by atoms with E-state index in [1.165, 1.54) is 11.8 Å². The number of hydrogen-bond donors (Lipinski definition) is 1. The first-order chi connectivity index (χ1) is 15.2. The lowest BCUT2D eigenvalue weighted by Gasteiger charge is -2.11. The third-order valence-corrected chi connectivity index (χ3v) is 6.53. The highest BCUT2D eigenvalue weighted by Crippen LogP contribution is 2.41. The molecule has 9 heteroatoms. The number of nitrogens with zero attached hydrogens (tertiary/aromatic N) is 4. The van der Waals surface area contributed by atoms with E-state index < -0.39 is 11.2 Å². The Morgan fingerprint density at radius 3 is 2.65 bits per heavy atom. The number of fused-ring (bicyclic) bond motifs is 1. The molecule has 0 amide bonds. The van der Waals surface area contributed by atoms with E-state index >= 15 is 0 Å². The van der Waals surface area contributed by atoms with Crippen LogP contribution < -0.4 is 11.2 Å². The number of aromatic nitrogens is 5. The van der Waals surface area contributed by atoms with E-state index in [0.717, 1.165) is 31.2 Å². The summed E-state index contributed by atoms with van der Waals surface area (Å²) in [7, 11) is 0.